The molecule has 0 aliphatic rings. The van der Waals surface area contributed by atoms with Gasteiger partial charge in [0.05, 0.1) is 10.8 Å². The maximum Gasteiger partial charge on any atom is 0.308 e. The maximum atomic E-state index is 10.9. The number of carboxylic acids is 1. The predicted molar refractivity (Wildman–Crippen MR) is 70.9 cm³/mol. The molecule has 1 aromatic rings. The van der Waals surface area contributed by atoms with Crippen LogP contribution in [0.2, 0.25) is 0 Å². The van der Waals surface area contributed by atoms with Gasteiger partial charge in [-0.1, -0.05) is 22.9 Å². The second-order valence-corrected chi connectivity index (χ2v) is 4.93. The van der Waals surface area contributed by atoms with Crippen LogP contribution in [-0.2, 0) is 4.79 Å². The molecule has 1 unspecified atom stereocenters. The van der Waals surface area contributed by atoms with Crippen LogP contribution >= 0.6 is 15.9 Å². The van der Waals surface area contributed by atoms with E-state index in [1.807, 2.05) is 0 Å². The first-order valence-electron chi connectivity index (χ1n) is 5.20. The van der Waals surface area contributed by atoms with Crippen molar-refractivity contribution < 1.29 is 14.8 Å². The van der Waals surface area contributed by atoms with Gasteiger partial charge in [-0.15, -0.1) is 0 Å². The Kier molecular flexibility index (Phi) is 4.66. The zero-order valence-electron chi connectivity index (χ0n) is 9.96. The van der Waals surface area contributed by atoms with Crippen molar-refractivity contribution in [3.05, 3.63) is 32.8 Å². The Morgan fingerprint density at radius 1 is 1.61 bits per heavy atom. The average Bonchev–Trinajstić information content (AvgIpc) is 2.28. The molecule has 0 aliphatic carbocycles. The van der Waals surface area contributed by atoms with Crippen LogP contribution < -0.4 is 4.90 Å². The Morgan fingerprint density at radius 2 is 2.22 bits per heavy atom. The lowest BCUT2D eigenvalue weighted by Gasteiger charge is -2.21. The number of halogens is 1. The van der Waals surface area contributed by atoms with E-state index < -0.39 is 16.8 Å². The number of benzene rings is 1. The van der Waals surface area contributed by atoms with E-state index in [1.165, 1.54) is 6.07 Å². The maximum absolute atomic E-state index is 10.9. The summed E-state index contributed by atoms with van der Waals surface area (Å²) in [6, 6.07) is 4.68. The van der Waals surface area contributed by atoms with Crippen LogP contribution in [0.1, 0.15) is 6.92 Å². The predicted octanol–water partition coefficient (Wildman–Crippen LogP) is 2.51. The van der Waals surface area contributed by atoms with E-state index in [1.54, 1.807) is 31.0 Å². The first-order chi connectivity index (χ1) is 8.32. The van der Waals surface area contributed by atoms with E-state index in [4.69, 9.17) is 5.11 Å². The number of hydrogen-bond donors (Lipinski definition) is 1. The van der Waals surface area contributed by atoms with Crippen molar-refractivity contribution in [2.24, 2.45) is 5.92 Å². The summed E-state index contributed by atoms with van der Waals surface area (Å²) in [5.74, 6) is -1.53. The lowest BCUT2D eigenvalue weighted by molar-refractivity contribution is -0.384. The molecule has 18 heavy (non-hydrogen) atoms. The van der Waals surface area contributed by atoms with E-state index in [9.17, 15) is 14.9 Å². The van der Waals surface area contributed by atoms with Crippen molar-refractivity contribution in [2.45, 2.75) is 6.92 Å². The van der Waals surface area contributed by atoms with Gasteiger partial charge in [-0.3, -0.25) is 14.9 Å². The van der Waals surface area contributed by atoms with Gasteiger partial charge in [0.1, 0.15) is 5.69 Å². The van der Waals surface area contributed by atoms with E-state index in [0.717, 1.165) is 0 Å². The number of aliphatic carboxylic acids is 1. The molecule has 0 spiro atoms. The Morgan fingerprint density at radius 3 is 2.72 bits per heavy atom. The Bertz CT molecular complexity index is 478. The smallest absolute Gasteiger partial charge is 0.308 e. The highest BCUT2D eigenvalue weighted by molar-refractivity contribution is 9.10. The summed E-state index contributed by atoms with van der Waals surface area (Å²) < 4.78 is 0.609. The summed E-state index contributed by atoms with van der Waals surface area (Å²) in [6.07, 6.45) is 0. The molecule has 1 atom stereocenters. The molecule has 0 saturated heterocycles. The summed E-state index contributed by atoms with van der Waals surface area (Å²) >= 11 is 3.17. The van der Waals surface area contributed by atoms with Gasteiger partial charge in [-0.05, 0) is 12.1 Å². The highest BCUT2D eigenvalue weighted by atomic mass is 79.9. The fourth-order valence-corrected chi connectivity index (χ4v) is 1.90. The van der Waals surface area contributed by atoms with Crippen molar-refractivity contribution in [2.75, 3.05) is 18.5 Å². The summed E-state index contributed by atoms with van der Waals surface area (Å²) in [6.45, 7) is 1.77. The standard InChI is InChI=1S/C11H13BrN2O4/c1-7(11(15)16)6-13(2)9-4-3-8(12)5-10(9)14(17)18/h3-5,7H,6H2,1-2H3,(H,15,16). The number of rotatable bonds is 5. The van der Waals surface area contributed by atoms with Crippen LogP contribution in [0, 0.1) is 16.0 Å². The average molecular weight is 317 g/mol. The molecule has 1 rings (SSSR count). The molecule has 7 heteroatoms. The lowest BCUT2D eigenvalue weighted by Crippen LogP contribution is -2.28. The number of carbonyl (C=O) groups is 1. The summed E-state index contributed by atoms with van der Waals surface area (Å²) in [5, 5.41) is 19.8. The first-order valence-corrected chi connectivity index (χ1v) is 6.00. The Labute approximate surface area is 112 Å². The minimum absolute atomic E-state index is 0.0514. The van der Waals surface area contributed by atoms with E-state index in [2.05, 4.69) is 15.9 Å². The zero-order chi connectivity index (χ0) is 13.9. The normalized spacial score (nSPS) is 11.9. The zero-order valence-corrected chi connectivity index (χ0v) is 11.5. The van der Waals surface area contributed by atoms with Crippen LogP contribution in [-0.4, -0.2) is 29.6 Å². The van der Waals surface area contributed by atoms with Crippen molar-refractivity contribution in [1.29, 1.82) is 0 Å². The van der Waals surface area contributed by atoms with E-state index in [0.29, 0.717) is 10.2 Å². The van der Waals surface area contributed by atoms with Gasteiger partial charge in [0.25, 0.3) is 5.69 Å². The third-order valence-electron chi connectivity index (χ3n) is 2.51. The Hall–Kier alpha value is -1.63. The monoisotopic (exact) mass is 316 g/mol. The molecule has 0 heterocycles. The minimum atomic E-state index is -0.929. The number of nitro groups is 1. The summed E-state index contributed by atoms with van der Waals surface area (Å²) in [7, 11) is 1.63. The number of nitro benzene ring substituents is 1. The molecular formula is C11H13BrN2O4. The second-order valence-electron chi connectivity index (χ2n) is 4.01. The van der Waals surface area contributed by atoms with E-state index in [-0.39, 0.29) is 12.2 Å². The topological polar surface area (TPSA) is 83.7 Å². The first kappa shape index (κ1) is 14.4. The van der Waals surface area contributed by atoms with Gasteiger partial charge in [0, 0.05) is 24.1 Å². The van der Waals surface area contributed by atoms with Gasteiger partial charge in [-0.25, -0.2) is 0 Å². The van der Waals surface area contributed by atoms with Crippen molar-refractivity contribution in [3.8, 4) is 0 Å². The Balaban J connectivity index is 3.01. The molecule has 0 saturated carbocycles. The minimum Gasteiger partial charge on any atom is -0.481 e. The van der Waals surface area contributed by atoms with Crippen LogP contribution in [0.15, 0.2) is 22.7 Å². The third-order valence-corrected chi connectivity index (χ3v) is 3.01. The molecule has 0 bridgehead atoms. The SMILES string of the molecule is CC(CN(C)c1ccc(Br)cc1[N+](=O)[O-])C(=O)O. The number of carboxylic acid groups (broad SMARTS) is 1. The third kappa shape index (κ3) is 3.43. The van der Waals surface area contributed by atoms with Gasteiger partial charge >= 0.3 is 5.97 Å². The van der Waals surface area contributed by atoms with Gasteiger partial charge < -0.3 is 10.0 Å². The van der Waals surface area contributed by atoms with Crippen LogP contribution in [0.3, 0.4) is 0 Å². The highest BCUT2D eigenvalue weighted by Crippen LogP contribution is 2.30. The van der Waals surface area contributed by atoms with Gasteiger partial charge in [-0.2, -0.15) is 0 Å². The summed E-state index contributed by atoms with van der Waals surface area (Å²) in [5.41, 5.74) is 0.348. The van der Waals surface area contributed by atoms with Crippen LogP contribution in [0.5, 0.6) is 0 Å². The fraction of sp³-hybridized carbons (Fsp3) is 0.364. The highest BCUT2D eigenvalue weighted by Gasteiger charge is 2.20. The molecule has 0 fully saturated rings. The van der Waals surface area contributed by atoms with Crippen LogP contribution in [0.25, 0.3) is 0 Å². The van der Waals surface area contributed by atoms with Gasteiger partial charge in [0.15, 0.2) is 0 Å². The molecule has 98 valence electrons. The quantitative estimate of drug-likeness (QED) is 0.666. The summed E-state index contributed by atoms with van der Waals surface area (Å²) in [4.78, 5) is 22.8. The molecule has 0 amide bonds. The van der Waals surface area contributed by atoms with Crippen molar-refractivity contribution >= 4 is 33.3 Å². The number of nitrogens with zero attached hydrogens (tertiary/aromatic N) is 2. The van der Waals surface area contributed by atoms with Gasteiger partial charge in [0.2, 0.25) is 0 Å². The molecule has 0 radical (unpaired) electrons. The molecule has 0 aromatic heterocycles. The molecule has 0 aliphatic heterocycles. The van der Waals surface area contributed by atoms with Crippen molar-refractivity contribution in [1.82, 2.24) is 0 Å². The number of anilines is 1. The second kappa shape index (κ2) is 5.81. The molecule has 1 aromatic carbocycles. The lowest BCUT2D eigenvalue weighted by atomic mass is 10.1. The fourth-order valence-electron chi connectivity index (χ4n) is 1.55. The molecule has 1 N–H and O–H groups in total. The number of hydrogen-bond acceptors (Lipinski definition) is 4. The molecule has 6 nitrogen and oxygen atoms in total. The van der Waals surface area contributed by atoms with Crippen molar-refractivity contribution in [3.63, 3.8) is 0 Å². The molecular weight excluding hydrogens is 304 g/mol. The van der Waals surface area contributed by atoms with Crippen LogP contribution in [0.4, 0.5) is 11.4 Å². The largest absolute Gasteiger partial charge is 0.481 e. The van der Waals surface area contributed by atoms with E-state index >= 15 is 0 Å².